The fraction of sp³-hybridized carbons (Fsp3) is 0. The molecule has 0 N–H and O–H groups in total. The summed E-state index contributed by atoms with van der Waals surface area (Å²) in [4.78, 5) is 8.48. The lowest BCUT2D eigenvalue weighted by molar-refractivity contribution is 0.628. The average Bonchev–Trinajstić information content (AvgIpc) is 3.00. The first-order valence-corrected chi connectivity index (χ1v) is 6.82. The molecule has 0 unspecified atom stereocenters. The number of fused-ring (bicyclic) bond motifs is 1. The van der Waals surface area contributed by atoms with E-state index >= 15 is 0 Å². The summed E-state index contributed by atoms with van der Waals surface area (Å²) in [6.07, 6.45) is 5.26. The maximum absolute atomic E-state index is 13.0. The molecule has 22 heavy (non-hydrogen) atoms. The second-order valence-electron chi connectivity index (χ2n) is 4.88. The van der Waals surface area contributed by atoms with Gasteiger partial charge >= 0.3 is 0 Å². The first kappa shape index (κ1) is 12.6. The lowest BCUT2D eigenvalue weighted by Gasteiger charge is -2.03. The summed E-state index contributed by atoms with van der Waals surface area (Å²) < 4.78 is 14.8. The number of pyridine rings is 1. The Balaban J connectivity index is 1.89. The van der Waals surface area contributed by atoms with Crippen LogP contribution >= 0.6 is 0 Å². The number of rotatable bonds is 2. The number of aromatic nitrogens is 4. The van der Waals surface area contributed by atoms with Crippen molar-refractivity contribution in [3.63, 3.8) is 0 Å². The van der Waals surface area contributed by atoms with Crippen LogP contribution in [-0.4, -0.2) is 19.6 Å². The number of nitrogens with zero attached hydrogens (tertiary/aromatic N) is 4. The van der Waals surface area contributed by atoms with Crippen LogP contribution in [0.2, 0.25) is 0 Å². The van der Waals surface area contributed by atoms with Crippen molar-refractivity contribution < 1.29 is 4.39 Å². The second-order valence-corrected chi connectivity index (χ2v) is 4.88. The fourth-order valence-electron chi connectivity index (χ4n) is 2.39. The number of halogens is 1. The number of hydrogen-bond acceptors (Lipinski definition) is 3. The van der Waals surface area contributed by atoms with Gasteiger partial charge in [0, 0.05) is 35.8 Å². The molecular weight excluding hydrogens is 279 g/mol. The molecule has 0 aliphatic heterocycles. The van der Waals surface area contributed by atoms with E-state index in [1.807, 2.05) is 24.3 Å². The van der Waals surface area contributed by atoms with Crippen LogP contribution in [0, 0.1) is 5.82 Å². The van der Waals surface area contributed by atoms with Gasteiger partial charge in [0.15, 0.2) is 5.65 Å². The van der Waals surface area contributed by atoms with E-state index < -0.39 is 0 Å². The average molecular weight is 290 g/mol. The maximum Gasteiger partial charge on any atom is 0.156 e. The van der Waals surface area contributed by atoms with Gasteiger partial charge in [-0.25, -0.2) is 13.9 Å². The quantitative estimate of drug-likeness (QED) is 0.566. The highest BCUT2D eigenvalue weighted by Gasteiger charge is 2.09. The number of benzene rings is 1. The lowest BCUT2D eigenvalue weighted by Crippen LogP contribution is -1.95. The van der Waals surface area contributed by atoms with E-state index in [0.717, 1.165) is 28.2 Å². The Bertz CT molecular complexity index is 930. The minimum Gasteiger partial charge on any atom is -0.264 e. The van der Waals surface area contributed by atoms with Crippen molar-refractivity contribution in [3.8, 4) is 22.5 Å². The molecule has 0 atom stereocenters. The predicted molar refractivity (Wildman–Crippen MR) is 81.6 cm³/mol. The molecule has 0 fully saturated rings. The molecule has 4 aromatic rings. The Hall–Kier alpha value is -3.08. The molecule has 4 rings (SSSR count). The van der Waals surface area contributed by atoms with Crippen LogP contribution in [0.5, 0.6) is 0 Å². The van der Waals surface area contributed by atoms with Crippen LogP contribution in [0.4, 0.5) is 4.39 Å². The molecule has 0 bridgehead atoms. The maximum atomic E-state index is 13.0. The van der Waals surface area contributed by atoms with Gasteiger partial charge in [-0.3, -0.25) is 4.98 Å². The van der Waals surface area contributed by atoms with Crippen molar-refractivity contribution in [3.05, 3.63) is 72.9 Å². The highest BCUT2D eigenvalue weighted by molar-refractivity contribution is 5.67. The zero-order chi connectivity index (χ0) is 14.9. The predicted octanol–water partition coefficient (Wildman–Crippen LogP) is 3.60. The number of hydrogen-bond donors (Lipinski definition) is 0. The van der Waals surface area contributed by atoms with E-state index in [1.54, 1.807) is 35.2 Å². The molecular formula is C17H11FN4. The molecule has 106 valence electrons. The van der Waals surface area contributed by atoms with Gasteiger partial charge in [-0.15, -0.1) is 0 Å². The van der Waals surface area contributed by atoms with Gasteiger partial charge in [-0.2, -0.15) is 5.10 Å². The normalized spacial score (nSPS) is 11.0. The summed E-state index contributed by atoms with van der Waals surface area (Å²) in [7, 11) is 0. The smallest absolute Gasteiger partial charge is 0.156 e. The highest BCUT2D eigenvalue weighted by atomic mass is 19.1. The van der Waals surface area contributed by atoms with Gasteiger partial charge in [0.05, 0.1) is 11.4 Å². The van der Waals surface area contributed by atoms with Gasteiger partial charge in [0.2, 0.25) is 0 Å². The van der Waals surface area contributed by atoms with Gasteiger partial charge in [0.25, 0.3) is 0 Å². The molecule has 0 radical (unpaired) electrons. The van der Waals surface area contributed by atoms with Crippen LogP contribution in [0.3, 0.4) is 0 Å². The lowest BCUT2D eigenvalue weighted by atomic mass is 10.1. The summed E-state index contributed by atoms with van der Waals surface area (Å²) in [5, 5.41) is 4.59. The fourth-order valence-corrected chi connectivity index (χ4v) is 2.39. The van der Waals surface area contributed by atoms with Crippen LogP contribution in [0.25, 0.3) is 28.2 Å². The third-order valence-electron chi connectivity index (χ3n) is 3.46. The Morgan fingerprint density at radius 3 is 2.55 bits per heavy atom. The van der Waals surface area contributed by atoms with Crippen LogP contribution < -0.4 is 0 Å². The molecule has 0 spiro atoms. The third kappa shape index (κ3) is 2.13. The summed E-state index contributed by atoms with van der Waals surface area (Å²) in [5.74, 6) is -0.262. The van der Waals surface area contributed by atoms with E-state index in [4.69, 9.17) is 0 Å². The van der Waals surface area contributed by atoms with E-state index in [-0.39, 0.29) is 5.82 Å². The van der Waals surface area contributed by atoms with Gasteiger partial charge in [0.1, 0.15) is 5.82 Å². The van der Waals surface area contributed by atoms with Crippen molar-refractivity contribution in [1.29, 1.82) is 0 Å². The highest BCUT2D eigenvalue weighted by Crippen LogP contribution is 2.23. The molecule has 0 aliphatic carbocycles. The van der Waals surface area contributed by atoms with Gasteiger partial charge in [-0.1, -0.05) is 0 Å². The Labute approximate surface area is 125 Å². The molecule has 3 aromatic heterocycles. The molecule has 4 nitrogen and oxygen atoms in total. The molecule has 0 saturated heterocycles. The summed E-state index contributed by atoms with van der Waals surface area (Å²) in [5.41, 5.74) is 4.21. The minimum atomic E-state index is -0.262. The van der Waals surface area contributed by atoms with Crippen molar-refractivity contribution in [1.82, 2.24) is 19.6 Å². The summed E-state index contributed by atoms with van der Waals surface area (Å²) >= 11 is 0. The molecule has 1 aromatic carbocycles. The Kier molecular flexibility index (Phi) is 2.89. The molecule has 0 aliphatic rings. The first-order valence-electron chi connectivity index (χ1n) is 6.82. The molecule has 3 heterocycles. The van der Waals surface area contributed by atoms with E-state index in [0.29, 0.717) is 0 Å². The van der Waals surface area contributed by atoms with E-state index in [2.05, 4.69) is 15.1 Å². The van der Waals surface area contributed by atoms with Crippen LogP contribution in [-0.2, 0) is 0 Å². The third-order valence-corrected chi connectivity index (χ3v) is 3.46. The Morgan fingerprint density at radius 1 is 0.909 bits per heavy atom. The van der Waals surface area contributed by atoms with Crippen molar-refractivity contribution >= 4 is 5.65 Å². The van der Waals surface area contributed by atoms with E-state index in [1.165, 1.54) is 12.1 Å². The zero-order valence-corrected chi connectivity index (χ0v) is 11.5. The molecule has 0 amide bonds. The SMILES string of the molecule is Fc1ccc(-c2cc3nccc(-c4cccnc4)n3n2)cc1. The first-order chi connectivity index (χ1) is 10.8. The standard InChI is InChI=1S/C17H11FN4/c18-14-5-3-12(4-6-14)15-10-17-20-9-7-16(22(17)21-15)13-2-1-8-19-11-13/h1-11H. The van der Waals surface area contributed by atoms with Crippen molar-refractivity contribution in [2.24, 2.45) is 0 Å². The molecule has 5 heteroatoms. The minimum absolute atomic E-state index is 0.262. The van der Waals surface area contributed by atoms with Crippen LogP contribution in [0.15, 0.2) is 67.1 Å². The monoisotopic (exact) mass is 290 g/mol. The zero-order valence-electron chi connectivity index (χ0n) is 11.5. The summed E-state index contributed by atoms with van der Waals surface area (Å²) in [6, 6.07) is 13.9. The van der Waals surface area contributed by atoms with E-state index in [9.17, 15) is 4.39 Å². The van der Waals surface area contributed by atoms with Gasteiger partial charge in [-0.05, 0) is 42.5 Å². The molecule has 0 saturated carbocycles. The largest absolute Gasteiger partial charge is 0.264 e. The second kappa shape index (κ2) is 5.04. The van der Waals surface area contributed by atoms with Crippen molar-refractivity contribution in [2.75, 3.05) is 0 Å². The topological polar surface area (TPSA) is 43.1 Å². The Morgan fingerprint density at radius 2 is 1.77 bits per heavy atom. The summed E-state index contributed by atoms with van der Waals surface area (Å²) in [6.45, 7) is 0. The van der Waals surface area contributed by atoms with Gasteiger partial charge < -0.3 is 0 Å². The van der Waals surface area contributed by atoms with Crippen LogP contribution in [0.1, 0.15) is 0 Å². The van der Waals surface area contributed by atoms with Crippen molar-refractivity contribution in [2.45, 2.75) is 0 Å².